The largest absolute Gasteiger partial charge is 0.328 e. The maximum atomic E-state index is 11.4. The molecule has 1 fully saturated rings. The highest BCUT2D eigenvalue weighted by atomic mass is 35.5. The van der Waals surface area contributed by atoms with E-state index in [0.717, 1.165) is 4.90 Å². The molecule has 0 spiro atoms. The lowest BCUT2D eigenvalue weighted by molar-refractivity contribution is 0.234. The molecule has 0 aromatic heterocycles. The highest BCUT2D eigenvalue weighted by Gasteiger charge is 2.38. The number of carbonyl (C=O) groups excluding carboxylic acids is 1. The first-order valence-corrected chi connectivity index (χ1v) is 5.79. The molecular weight excluding hydrogens is 246 g/mol. The fourth-order valence-electron chi connectivity index (χ4n) is 1.17. The number of nitrogens with one attached hydrogen (secondary N) is 1. The summed E-state index contributed by atoms with van der Waals surface area (Å²) in [6.45, 7) is 0.512. The molecule has 1 saturated heterocycles. The molecule has 1 aromatic carbocycles. The number of benzene rings is 1. The van der Waals surface area contributed by atoms with Gasteiger partial charge in [-0.25, -0.2) is 4.79 Å². The van der Waals surface area contributed by atoms with Gasteiger partial charge in [-0.3, -0.25) is 4.72 Å². The van der Waals surface area contributed by atoms with E-state index < -0.39 is 0 Å². The average molecular weight is 254 g/mol. The summed E-state index contributed by atoms with van der Waals surface area (Å²) in [5, 5.41) is 9.18. The van der Waals surface area contributed by atoms with E-state index in [1.165, 1.54) is 16.8 Å². The number of hydrogen-bond acceptors (Lipinski definition) is 3. The second-order valence-electron chi connectivity index (χ2n) is 3.26. The Balaban J connectivity index is 1.84. The fourth-order valence-corrected chi connectivity index (χ4v) is 2.08. The lowest BCUT2D eigenvalue weighted by Crippen LogP contribution is -2.23. The van der Waals surface area contributed by atoms with Crippen LogP contribution in [0.1, 0.15) is 0 Å². The number of urea groups is 1. The zero-order valence-electron chi connectivity index (χ0n) is 8.18. The van der Waals surface area contributed by atoms with Crippen molar-refractivity contribution in [2.24, 2.45) is 0 Å². The van der Waals surface area contributed by atoms with Crippen LogP contribution in [0, 0.1) is 11.3 Å². The van der Waals surface area contributed by atoms with Crippen molar-refractivity contribution in [3.05, 3.63) is 29.3 Å². The highest BCUT2D eigenvalue weighted by molar-refractivity contribution is 7.98. The van der Waals surface area contributed by atoms with Gasteiger partial charge in [0, 0.05) is 9.92 Å². The van der Waals surface area contributed by atoms with E-state index in [1.54, 1.807) is 12.1 Å². The van der Waals surface area contributed by atoms with Gasteiger partial charge in [-0.05, 0) is 30.1 Å². The summed E-state index contributed by atoms with van der Waals surface area (Å²) in [7, 11) is 0. The van der Waals surface area contributed by atoms with E-state index >= 15 is 0 Å². The van der Waals surface area contributed by atoms with Crippen LogP contribution in [0.15, 0.2) is 29.2 Å². The highest BCUT2D eigenvalue weighted by Crippen LogP contribution is 2.21. The molecule has 1 atom stereocenters. The van der Waals surface area contributed by atoms with Gasteiger partial charge in [-0.2, -0.15) is 5.26 Å². The minimum atomic E-state index is -0.264. The van der Waals surface area contributed by atoms with Crippen molar-refractivity contribution in [3.63, 3.8) is 0 Å². The summed E-state index contributed by atoms with van der Waals surface area (Å²) in [5.74, 6) is 0. The van der Waals surface area contributed by atoms with Crippen LogP contribution in [0.3, 0.4) is 0 Å². The molecule has 82 valence electrons. The lowest BCUT2D eigenvalue weighted by atomic mass is 10.4. The van der Waals surface area contributed by atoms with Gasteiger partial charge in [0.1, 0.15) is 6.04 Å². The molecule has 1 aliphatic heterocycles. The Morgan fingerprint density at radius 1 is 1.69 bits per heavy atom. The van der Waals surface area contributed by atoms with Crippen molar-refractivity contribution in [1.82, 2.24) is 9.62 Å². The molecule has 6 heteroatoms. The number of halogens is 1. The first kappa shape index (κ1) is 11.1. The monoisotopic (exact) mass is 253 g/mol. The van der Waals surface area contributed by atoms with Gasteiger partial charge in [-0.15, -0.1) is 0 Å². The quantitative estimate of drug-likeness (QED) is 0.650. The Kier molecular flexibility index (Phi) is 3.22. The van der Waals surface area contributed by atoms with Crippen molar-refractivity contribution >= 4 is 29.6 Å². The Hall–Kier alpha value is -1.38. The van der Waals surface area contributed by atoms with Crippen LogP contribution in [0.25, 0.3) is 0 Å². The second kappa shape index (κ2) is 4.64. The third-order valence-electron chi connectivity index (χ3n) is 2.07. The molecule has 16 heavy (non-hydrogen) atoms. The minimum absolute atomic E-state index is 0.239. The van der Waals surface area contributed by atoms with E-state index in [0.29, 0.717) is 11.6 Å². The number of hydrogen-bond donors (Lipinski definition) is 1. The Morgan fingerprint density at radius 2 is 2.50 bits per heavy atom. The molecule has 1 N–H and O–H groups in total. The second-order valence-corrected chi connectivity index (χ2v) is 4.58. The van der Waals surface area contributed by atoms with E-state index in [9.17, 15) is 4.79 Å². The standard InChI is InChI=1S/C10H8ClN3OS/c11-7-2-1-3-9(4-7)16-13-10(15)14-6-8(14)5-12/h1-4,8H,6H2,(H,13,15). The summed E-state index contributed by atoms with van der Waals surface area (Å²) < 4.78 is 2.65. The molecule has 1 aromatic rings. The predicted octanol–water partition coefficient (Wildman–Crippen LogP) is 2.26. The molecule has 0 radical (unpaired) electrons. The van der Waals surface area contributed by atoms with Gasteiger partial charge in [0.05, 0.1) is 12.6 Å². The summed E-state index contributed by atoms with van der Waals surface area (Å²) in [6.07, 6.45) is 0. The van der Waals surface area contributed by atoms with Crippen molar-refractivity contribution in [1.29, 1.82) is 5.26 Å². The van der Waals surface area contributed by atoms with Gasteiger partial charge >= 0.3 is 6.03 Å². The van der Waals surface area contributed by atoms with Crippen molar-refractivity contribution in [2.75, 3.05) is 6.54 Å². The predicted molar refractivity (Wildman–Crippen MR) is 61.9 cm³/mol. The number of nitriles is 1. The molecular formula is C10H8ClN3OS. The Bertz CT molecular complexity index is 460. The molecule has 1 unspecified atom stereocenters. The summed E-state index contributed by atoms with van der Waals surface area (Å²) in [5.41, 5.74) is 0. The van der Waals surface area contributed by atoms with Crippen LogP contribution in [-0.4, -0.2) is 23.5 Å². The van der Waals surface area contributed by atoms with Crippen LogP contribution in [0.2, 0.25) is 5.02 Å². The van der Waals surface area contributed by atoms with Crippen LogP contribution in [0.5, 0.6) is 0 Å². The lowest BCUT2D eigenvalue weighted by Gasteiger charge is -2.04. The third-order valence-corrected chi connectivity index (χ3v) is 3.08. The smallest absolute Gasteiger partial charge is 0.303 e. The summed E-state index contributed by atoms with van der Waals surface area (Å²) in [6, 6.07) is 8.70. The van der Waals surface area contributed by atoms with Gasteiger partial charge in [-0.1, -0.05) is 17.7 Å². The molecule has 0 saturated carbocycles. The van der Waals surface area contributed by atoms with E-state index in [4.69, 9.17) is 16.9 Å². The van der Waals surface area contributed by atoms with Crippen molar-refractivity contribution in [3.8, 4) is 6.07 Å². The first-order valence-electron chi connectivity index (χ1n) is 4.59. The Morgan fingerprint density at radius 3 is 3.12 bits per heavy atom. The molecule has 0 aliphatic carbocycles. The third kappa shape index (κ3) is 2.60. The van der Waals surface area contributed by atoms with Gasteiger partial charge in [0.2, 0.25) is 0 Å². The van der Waals surface area contributed by atoms with Crippen molar-refractivity contribution in [2.45, 2.75) is 10.9 Å². The first-order chi connectivity index (χ1) is 7.70. The van der Waals surface area contributed by atoms with Gasteiger partial charge < -0.3 is 4.90 Å². The van der Waals surface area contributed by atoms with Gasteiger partial charge in [0.15, 0.2) is 0 Å². The minimum Gasteiger partial charge on any atom is -0.303 e. The topological polar surface area (TPSA) is 55.9 Å². The average Bonchev–Trinajstić information content (AvgIpc) is 3.05. The molecule has 1 aliphatic rings. The Labute approximate surface area is 102 Å². The maximum absolute atomic E-state index is 11.4. The number of amides is 2. The molecule has 0 bridgehead atoms. The summed E-state index contributed by atoms with van der Waals surface area (Å²) >= 11 is 6.99. The number of rotatable bonds is 2. The van der Waals surface area contributed by atoms with Gasteiger partial charge in [0.25, 0.3) is 0 Å². The molecule has 2 rings (SSSR count). The van der Waals surface area contributed by atoms with Crippen LogP contribution >= 0.6 is 23.5 Å². The SMILES string of the molecule is N#CC1CN1C(=O)NSc1cccc(Cl)c1. The maximum Gasteiger partial charge on any atom is 0.328 e. The van der Waals surface area contributed by atoms with Crippen LogP contribution in [-0.2, 0) is 0 Å². The zero-order chi connectivity index (χ0) is 11.5. The zero-order valence-corrected chi connectivity index (χ0v) is 9.76. The number of carbonyl (C=O) groups is 1. The summed E-state index contributed by atoms with van der Waals surface area (Å²) in [4.78, 5) is 13.8. The van der Waals surface area contributed by atoms with Crippen molar-refractivity contribution < 1.29 is 4.79 Å². The van der Waals surface area contributed by atoms with Crippen LogP contribution in [0.4, 0.5) is 4.79 Å². The molecule has 2 amide bonds. The van der Waals surface area contributed by atoms with Crippen LogP contribution < -0.4 is 4.72 Å². The fraction of sp³-hybridized carbons (Fsp3) is 0.200. The normalized spacial score (nSPS) is 17.8. The molecule has 1 heterocycles. The van der Waals surface area contributed by atoms with E-state index in [-0.39, 0.29) is 12.1 Å². The number of nitrogens with zero attached hydrogens (tertiary/aromatic N) is 2. The van der Waals surface area contributed by atoms with E-state index in [1.807, 2.05) is 18.2 Å². The molecule has 4 nitrogen and oxygen atoms in total. The van der Waals surface area contributed by atoms with E-state index in [2.05, 4.69) is 4.72 Å².